The fourth-order valence-electron chi connectivity index (χ4n) is 5.23. The van der Waals surface area contributed by atoms with Crippen LogP contribution >= 0.6 is 35.6 Å². The average molecular weight is 665 g/mol. The summed E-state index contributed by atoms with van der Waals surface area (Å²) in [5.41, 5.74) is 1.26. The molecule has 1 amide bonds. The molecule has 2 aromatic carbocycles. The summed E-state index contributed by atoms with van der Waals surface area (Å²) >= 11 is 13.2. The Morgan fingerprint density at radius 1 is 1.00 bits per heavy atom. The summed E-state index contributed by atoms with van der Waals surface area (Å²) in [6.45, 7) is 5.23. The zero-order valence-corrected chi connectivity index (χ0v) is 27.8. The molecule has 238 valence electrons. The monoisotopic (exact) mass is 663 g/mol. The third kappa shape index (κ3) is 8.78. The number of aliphatic carboxylic acids is 1. The van der Waals surface area contributed by atoms with Gasteiger partial charge in [0.2, 0.25) is 0 Å². The van der Waals surface area contributed by atoms with E-state index in [0.29, 0.717) is 63.4 Å². The number of carboxylic acids is 1. The van der Waals surface area contributed by atoms with E-state index in [1.807, 2.05) is 40.1 Å². The molecule has 2 N–H and O–H groups in total. The van der Waals surface area contributed by atoms with Gasteiger partial charge in [-0.3, -0.25) is 4.79 Å². The van der Waals surface area contributed by atoms with Gasteiger partial charge in [0.15, 0.2) is 0 Å². The summed E-state index contributed by atoms with van der Waals surface area (Å²) in [6.07, 6.45) is 3.95. The van der Waals surface area contributed by atoms with Crippen molar-refractivity contribution in [3.8, 4) is 33.9 Å². The van der Waals surface area contributed by atoms with Crippen molar-refractivity contribution >= 4 is 47.5 Å². The zero-order valence-electron chi connectivity index (χ0n) is 25.5. The van der Waals surface area contributed by atoms with Gasteiger partial charge in [-0.1, -0.05) is 48.5 Å². The van der Waals surface area contributed by atoms with Crippen LogP contribution in [-0.4, -0.2) is 65.8 Å². The van der Waals surface area contributed by atoms with Crippen LogP contribution in [0.4, 0.5) is 0 Å². The number of carbonyl (C=O) groups excluding carboxylic acids is 1. The van der Waals surface area contributed by atoms with Crippen molar-refractivity contribution < 1.29 is 24.2 Å². The largest absolute Gasteiger partial charge is 0.492 e. The Morgan fingerprint density at radius 3 is 2.36 bits per heavy atom. The minimum Gasteiger partial charge on any atom is -0.492 e. The third-order valence-corrected chi connectivity index (χ3v) is 8.05. The summed E-state index contributed by atoms with van der Waals surface area (Å²) in [5.74, 6) is -0.437. The molecule has 0 unspecified atom stereocenters. The van der Waals surface area contributed by atoms with Crippen molar-refractivity contribution in [1.82, 2.24) is 15.2 Å². The molecule has 1 aliphatic carbocycles. The van der Waals surface area contributed by atoms with Gasteiger partial charge < -0.3 is 24.8 Å². The lowest BCUT2D eigenvalue weighted by molar-refractivity contribution is -0.145. The second kappa shape index (κ2) is 15.8. The molecule has 0 spiro atoms. The van der Waals surface area contributed by atoms with E-state index in [1.165, 1.54) is 0 Å². The maximum atomic E-state index is 13.5. The predicted molar refractivity (Wildman–Crippen MR) is 178 cm³/mol. The fraction of sp³-hybridized carbons (Fsp3) is 0.424. The number of rotatable bonds is 12. The van der Waals surface area contributed by atoms with E-state index < -0.39 is 17.4 Å². The van der Waals surface area contributed by atoms with Crippen LogP contribution in [0.25, 0.3) is 22.4 Å². The van der Waals surface area contributed by atoms with Gasteiger partial charge in [0.1, 0.15) is 22.7 Å². The molecule has 4 rings (SSSR count). The van der Waals surface area contributed by atoms with Crippen molar-refractivity contribution in [3.05, 3.63) is 64.3 Å². The molecule has 3 aromatic rings. The van der Waals surface area contributed by atoms with Crippen molar-refractivity contribution in [1.29, 1.82) is 0 Å². The van der Waals surface area contributed by atoms with Crippen LogP contribution in [0.15, 0.2) is 48.5 Å². The van der Waals surface area contributed by atoms with Crippen molar-refractivity contribution in [2.75, 3.05) is 27.2 Å². The van der Waals surface area contributed by atoms with Gasteiger partial charge >= 0.3 is 5.97 Å². The van der Waals surface area contributed by atoms with E-state index in [1.54, 1.807) is 36.4 Å². The van der Waals surface area contributed by atoms with Crippen molar-refractivity contribution in [2.45, 2.75) is 64.0 Å². The molecular weight excluding hydrogens is 625 g/mol. The first-order chi connectivity index (χ1) is 20.5. The highest BCUT2D eigenvalue weighted by Gasteiger charge is 2.41. The van der Waals surface area contributed by atoms with E-state index in [-0.39, 0.29) is 24.2 Å². The molecule has 0 atom stereocenters. The minimum absolute atomic E-state index is 0. The van der Waals surface area contributed by atoms with Gasteiger partial charge in [0.25, 0.3) is 5.91 Å². The zero-order chi connectivity index (χ0) is 31.1. The number of ether oxygens (including phenoxy) is 2. The van der Waals surface area contributed by atoms with E-state index in [9.17, 15) is 14.7 Å². The van der Waals surface area contributed by atoms with Gasteiger partial charge in [-0.2, -0.15) is 0 Å². The molecule has 1 heterocycles. The first-order valence-corrected chi connectivity index (χ1v) is 15.4. The van der Waals surface area contributed by atoms with E-state index in [2.05, 4.69) is 10.2 Å². The smallest absolute Gasteiger partial charge is 0.329 e. The summed E-state index contributed by atoms with van der Waals surface area (Å²) in [7, 11) is 4.01. The number of pyridine rings is 1. The highest BCUT2D eigenvalue weighted by Crippen LogP contribution is 2.40. The lowest BCUT2D eigenvalue weighted by atomic mass is 9.81. The van der Waals surface area contributed by atoms with Gasteiger partial charge in [0, 0.05) is 28.3 Å². The van der Waals surface area contributed by atoms with Gasteiger partial charge in [0.05, 0.1) is 23.4 Å². The van der Waals surface area contributed by atoms with E-state index in [0.717, 1.165) is 32.2 Å². The number of hydrogen-bond donors (Lipinski definition) is 2. The molecule has 0 saturated heterocycles. The first-order valence-electron chi connectivity index (χ1n) is 14.6. The molecule has 8 nitrogen and oxygen atoms in total. The lowest BCUT2D eigenvalue weighted by Gasteiger charge is -2.33. The maximum absolute atomic E-state index is 13.5. The van der Waals surface area contributed by atoms with Gasteiger partial charge in [-0.05, 0) is 89.7 Å². The summed E-state index contributed by atoms with van der Waals surface area (Å²) < 4.78 is 11.9. The Kier molecular flexibility index (Phi) is 12.7. The molecule has 0 radical (unpaired) electrons. The van der Waals surface area contributed by atoms with Crippen LogP contribution < -0.4 is 14.8 Å². The molecule has 1 aliphatic rings. The molecule has 0 bridgehead atoms. The van der Waals surface area contributed by atoms with E-state index in [4.69, 9.17) is 37.7 Å². The van der Waals surface area contributed by atoms with Crippen LogP contribution in [0.3, 0.4) is 0 Å². The first kappa shape index (κ1) is 35.4. The molecule has 1 saturated carbocycles. The summed E-state index contributed by atoms with van der Waals surface area (Å²) in [6, 6.07) is 14.1. The Hall–Kier alpha value is -3.04. The number of aromatic nitrogens is 1. The van der Waals surface area contributed by atoms with Crippen LogP contribution in [0, 0.1) is 0 Å². The normalized spacial score (nSPS) is 14.2. The molecular formula is C33H40Cl3N3O5. The number of amides is 1. The summed E-state index contributed by atoms with van der Waals surface area (Å²) in [5, 5.41) is 13.7. The molecule has 0 aliphatic heterocycles. The number of nitrogens with one attached hydrogen (secondary N) is 1. The third-order valence-electron chi connectivity index (χ3n) is 7.41. The van der Waals surface area contributed by atoms with Gasteiger partial charge in [-0.25, -0.2) is 9.78 Å². The van der Waals surface area contributed by atoms with Crippen LogP contribution in [0.1, 0.15) is 62.9 Å². The SMILES string of the molecule is CC(C)Oc1ccc(Cl)c(-c2ccc(C(=O)NC3(C(=O)O)CCCCC3)nc2-c2ccc(Cl)c(OCCCN(C)C)c2)c1.Cl. The number of benzene rings is 2. The number of carbonyl (C=O) groups is 2. The Morgan fingerprint density at radius 2 is 1.70 bits per heavy atom. The van der Waals surface area contributed by atoms with Crippen LogP contribution in [0.5, 0.6) is 11.5 Å². The molecule has 44 heavy (non-hydrogen) atoms. The highest BCUT2D eigenvalue weighted by molar-refractivity contribution is 6.33. The fourth-order valence-corrected chi connectivity index (χ4v) is 5.62. The van der Waals surface area contributed by atoms with Crippen LogP contribution in [-0.2, 0) is 4.79 Å². The second-order valence-electron chi connectivity index (χ2n) is 11.5. The Balaban J connectivity index is 0.00000529. The number of carboxylic acid groups (broad SMARTS) is 1. The standard InChI is InChI=1S/C33H39Cl2N3O5.ClH/c1-21(2)43-23-10-13-26(34)25(20-23)24-11-14-28(31(39)37-33(32(40)41)15-6-5-7-16-33)36-30(24)22-9-12-27(35)29(19-22)42-18-8-17-38(3)4;/h9-14,19-21H,5-8,15-18H2,1-4H3,(H,37,39)(H,40,41);1H. The number of hydrogen-bond acceptors (Lipinski definition) is 6. The maximum Gasteiger partial charge on any atom is 0.329 e. The second-order valence-corrected chi connectivity index (χ2v) is 12.3. The predicted octanol–water partition coefficient (Wildman–Crippen LogP) is 7.78. The average Bonchev–Trinajstić information content (AvgIpc) is 2.97. The van der Waals surface area contributed by atoms with Gasteiger partial charge in [-0.15, -0.1) is 12.4 Å². The van der Waals surface area contributed by atoms with Crippen molar-refractivity contribution in [2.24, 2.45) is 0 Å². The summed E-state index contributed by atoms with van der Waals surface area (Å²) in [4.78, 5) is 32.6. The number of nitrogens with zero attached hydrogens (tertiary/aromatic N) is 2. The minimum atomic E-state index is -1.31. The Labute approximate surface area is 275 Å². The van der Waals surface area contributed by atoms with Crippen LogP contribution in [0.2, 0.25) is 10.0 Å². The molecule has 1 aromatic heterocycles. The Bertz CT molecular complexity index is 1460. The number of halogens is 3. The quantitative estimate of drug-likeness (QED) is 0.191. The highest BCUT2D eigenvalue weighted by atomic mass is 35.5. The molecule has 1 fully saturated rings. The van der Waals surface area contributed by atoms with E-state index >= 15 is 0 Å². The lowest BCUT2D eigenvalue weighted by Crippen LogP contribution is -2.55. The molecule has 11 heteroatoms. The topological polar surface area (TPSA) is 101 Å². The van der Waals surface area contributed by atoms with Crippen molar-refractivity contribution in [3.63, 3.8) is 0 Å².